The maximum Gasteiger partial charge on any atom is 0.257 e. The molecule has 3 aromatic carbocycles. The largest absolute Gasteiger partial charge is 0.298 e. The van der Waals surface area contributed by atoms with Crippen molar-refractivity contribution in [3.05, 3.63) is 89.5 Å². The molecule has 0 radical (unpaired) electrons. The summed E-state index contributed by atoms with van der Waals surface area (Å²) in [6, 6.07) is 22.2. The predicted molar refractivity (Wildman–Crippen MR) is 116 cm³/mol. The number of carbonyl (C=O) groups excluding carboxylic acids is 1. The van der Waals surface area contributed by atoms with E-state index in [9.17, 15) is 13.2 Å². The molecule has 5 nitrogen and oxygen atoms in total. The molecule has 4 aromatic rings. The van der Waals surface area contributed by atoms with Gasteiger partial charge in [0, 0.05) is 11.8 Å². The Morgan fingerprint density at radius 1 is 1.00 bits per heavy atom. The van der Waals surface area contributed by atoms with E-state index < -0.39 is 9.84 Å². The summed E-state index contributed by atoms with van der Waals surface area (Å²) >= 11 is 1.25. The molecule has 0 aliphatic carbocycles. The minimum Gasteiger partial charge on any atom is -0.298 e. The number of sulfone groups is 1. The minimum absolute atomic E-state index is 0.236. The average molecular weight is 423 g/mol. The van der Waals surface area contributed by atoms with Gasteiger partial charge < -0.3 is 0 Å². The number of fused-ring (bicyclic) bond motifs is 1. The zero-order chi connectivity index (χ0) is 20.4. The zero-order valence-electron chi connectivity index (χ0n) is 15.6. The Kier molecular flexibility index (Phi) is 5.17. The molecule has 7 heteroatoms. The number of rotatable bonds is 5. The van der Waals surface area contributed by atoms with Gasteiger partial charge in [0.2, 0.25) is 0 Å². The molecule has 146 valence electrons. The van der Waals surface area contributed by atoms with Crippen LogP contribution in [0.2, 0.25) is 0 Å². The quantitative estimate of drug-likeness (QED) is 0.512. The molecular formula is C22H18N2O3S2. The van der Waals surface area contributed by atoms with Crippen molar-refractivity contribution < 1.29 is 13.2 Å². The summed E-state index contributed by atoms with van der Waals surface area (Å²) in [4.78, 5) is 17.5. The van der Waals surface area contributed by atoms with Gasteiger partial charge in [0.15, 0.2) is 15.0 Å². The number of hydrogen-bond donors (Lipinski definition) is 1. The van der Waals surface area contributed by atoms with Crippen molar-refractivity contribution in [1.82, 2.24) is 4.98 Å². The third-order valence-electron chi connectivity index (χ3n) is 4.51. The highest BCUT2D eigenvalue weighted by molar-refractivity contribution is 7.90. The van der Waals surface area contributed by atoms with Gasteiger partial charge in [0.05, 0.1) is 15.1 Å². The number of hydrogen-bond acceptors (Lipinski definition) is 5. The normalized spacial score (nSPS) is 11.5. The van der Waals surface area contributed by atoms with Crippen LogP contribution in [0.1, 0.15) is 21.5 Å². The first-order valence-electron chi connectivity index (χ1n) is 8.94. The van der Waals surface area contributed by atoms with Crippen molar-refractivity contribution in [3.8, 4) is 0 Å². The van der Waals surface area contributed by atoms with E-state index in [1.807, 2.05) is 48.5 Å². The van der Waals surface area contributed by atoms with E-state index in [0.717, 1.165) is 11.1 Å². The maximum absolute atomic E-state index is 12.9. The van der Waals surface area contributed by atoms with Crippen molar-refractivity contribution in [3.63, 3.8) is 0 Å². The van der Waals surface area contributed by atoms with Crippen LogP contribution >= 0.6 is 11.3 Å². The SMILES string of the molecule is CS(=O)(=O)c1ccc2nc(NC(=O)c3ccccc3Cc3ccccc3)sc2c1. The molecule has 0 saturated carbocycles. The van der Waals surface area contributed by atoms with Crippen LogP contribution in [0.15, 0.2) is 77.7 Å². The zero-order valence-corrected chi connectivity index (χ0v) is 17.3. The van der Waals surface area contributed by atoms with Gasteiger partial charge in [-0.2, -0.15) is 0 Å². The first-order chi connectivity index (χ1) is 13.9. The van der Waals surface area contributed by atoms with Crippen LogP contribution in [0.5, 0.6) is 0 Å². The monoisotopic (exact) mass is 422 g/mol. The Morgan fingerprint density at radius 2 is 1.72 bits per heavy atom. The molecule has 4 rings (SSSR count). The van der Waals surface area contributed by atoms with Gasteiger partial charge in [-0.1, -0.05) is 59.9 Å². The lowest BCUT2D eigenvalue weighted by molar-refractivity contribution is 0.102. The molecular weight excluding hydrogens is 404 g/mol. The topological polar surface area (TPSA) is 76.1 Å². The fourth-order valence-electron chi connectivity index (χ4n) is 3.07. The molecule has 0 aliphatic rings. The summed E-state index contributed by atoms with van der Waals surface area (Å²) in [5.74, 6) is -0.237. The number of nitrogens with one attached hydrogen (secondary N) is 1. The summed E-state index contributed by atoms with van der Waals surface area (Å²) in [7, 11) is -3.29. The Bertz CT molecular complexity index is 1300. The predicted octanol–water partition coefficient (Wildman–Crippen LogP) is 4.54. The van der Waals surface area contributed by atoms with Gasteiger partial charge in [-0.25, -0.2) is 13.4 Å². The highest BCUT2D eigenvalue weighted by Crippen LogP contribution is 2.29. The smallest absolute Gasteiger partial charge is 0.257 e. The molecule has 29 heavy (non-hydrogen) atoms. The van der Waals surface area contributed by atoms with Crippen molar-refractivity contribution in [2.45, 2.75) is 11.3 Å². The number of carbonyl (C=O) groups is 1. The molecule has 1 aromatic heterocycles. The third-order valence-corrected chi connectivity index (χ3v) is 6.55. The van der Waals surface area contributed by atoms with Crippen LogP contribution in [0.25, 0.3) is 10.2 Å². The van der Waals surface area contributed by atoms with Crippen molar-refractivity contribution in [2.75, 3.05) is 11.6 Å². The molecule has 0 atom stereocenters. The molecule has 0 saturated heterocycles. The second kappa shape index (κ2) is 7.77. The van der Waals surface area contributed by atoms with Crippen molar-refractivity contribution in [2.24, 2.45) is 0 Å². The van der Waals surface area contributed by atoms with Gasteiger partial charge in [0.1, 0.15) is 0 Å². The molecule has 0 unspecified atom stereocenters. The Balaban J connectivity index is 1.60. The number of nitrogens with zero attached hydrogens (tertiary/aromatic N) is 1. The summed E-state index contributed by atoms with van der Waals surface area (Å²) in [6.07, 6.45) is 1.82. The maximum atomic E-state index is 12.9. The standard InChI is InChI=1S/C22H18N2O3S2/c1-29(26,27)17-11-12-19-20(14-17)28-22(23-19)24-21(25)18-10-6-5-9-16(18)13-15-7-3-2-4-8-15/h2-12,14H,13H2,1H3,(H,23,24,25). The summed E-state index contributed by atoms with van der Waals surface area (Å²) < 4.78 is 24.2. The molecule has 0 bridgehead atoms. The molecule has 0 spiro atoms. The van der Waals surface area contributed by atoms with E-state index in [1.165, 1.54) is 23.7 Å². The highest BCUT2D eigenvalue weighted by Gasteiger charge is 2.15. The molecule has 1 N–H and O–H groups in total. The Labute approximate surface area is 173 Å². The van der Waals surface area contributed by atoms with E-state index in [4.69, 9.17) is 0 Å². The number of benzene rings is 3. The van der Waals surface area contributed by atoms with E-state index in [-0.39, 0.29) is 10.8 Å². The molecule has 0 aliphatic heterocycles. The first-order valence-corrected chi connectivity index (χ1v) is 11.6. The lowest BCUT2D eigenvalue weighted by atomic mass is 9.99. The van der Waals surface area contributed by atoms with E-state index >= 15 is 0 Å². The average Bonchev–Trinajstić information content (AvgIpc) is 3.10. The van der Waals surface area contributed by atoms with Crippen LogP contribution in [-0.2, 0) is 16.3 Å². The molecule has 1 heterocycles. The number of thiazole rings is 1. The lowest BCUT2D eigenvalue weighted by Gasteiger charge is -2.09. The fraction of sp³-hybridized carbons (Fsp3) is 0.0909. The Morgan fingerprint density at radius 3 is 2.48 bits per heavy atom. The van der Waals surface area contributed by atoms with Crippen LogP contribution < -0.4 is 5.32 Å². The summed E-state index contributed by atoms with van der Waals surface area (Å²) in [6.45, 7) is 0. The van der Waals surface area contributed by atoms with Gasteiger partial charge in [-0.3, -0.25) is 10.1 Å². The summed E-state index contributed by atoms with van der Waals surface area (Å²) in [5, 5.41) is 3.29. The number of aromatic nitrogens is 1. The van der Waals surface area contributed by atoms with Crippen LogP contribution in [-0.4, -0.2) is 25.6 Å². The van der Waals surface area contributed by atoms with Crippen molar-refractivity contribution in [1.29, 1.82) is 0 Å². The van der Waals surface area contributed by atoms with E-state index in [1.54, 1.807) is 18.2 Å². The van der Waals surface area contributed by atoms with Crippen LogP contribution in [0, 0.1) is 0 Å². The second-order valence-electron chi connectivity index (χ2n) is 6.69. The van der Waals surface area contributed by atoms with E-state index in [2.05, 4.69) is 10.3 Å². The third kappa shape index (κ3) is 4.36. The lowest BCUT2D eigenvalue weighted by Crippen LogP contribution is -2.14. The van der Waals surface area contributed by atoms with Crippen LogP contribution in [0.4, 0.5) is 5.13 Å². The highest BCUT2D eigenvalue weighted by atomic mass is 32.2. The first kappa shape index (κ1) is 19.3. The van der Waals surface area contributed by atoms with Crippen molar-refractivity contribution >= 4 is 42.4 Å². The second-order valence-corrected chi connectivity index (χ2v) is 9.74. The van der Waals surface area contributed by atoms with Crippen LogP contribution in [0.3, 0.4) is 0 Å². The van der Waals surface area contributed by atoms with E-state index in [0.29, 0.717) is 27.3 Å². The minimum atomic E-state index is -3.29. The van der Waals surface area contributed by atoms with Gasteiger partial charge in [-0.05, 0) is 41.8 Å². The molecule has 0 fully saturated rings. The van der Waals surface area contributed by atoms with Gasteiger partial charge >= 0.3 is 0 Å². The number of anilines is 1. The fourth-order valence-corrected chi connectivity index (χ4v) is 4.69. The van der Waals surface area contributed by atoms with Gasteiger partial charge in [0.25, 0.3) is 5.91 Å². The Hall–Kier alpha value is -3.03. The van der Waals surface area contributed by atoms with Gasteiger partial charge in [-0.15, -0.1) is 0 Å². The summed E-state index contributed by atoms with van der Waals surface area (Å²) in [5.41, 5.74) is 3.29. The molecule has 1 amide bonds. The number of amides is 1.